The molecule has 1 saturated heterocycles. The summed E-state index contributed by atoms with van der Waals surface area (Å²) in [6.07, 6.45) is 1.34. The molecule has 3 rings (SSSR count). The van der Waals surface area contributed by atoms with Gasteiger partial charge in [0.2, 0.25) is 0 Å². The van der Waals surface area contributed by atoms with Gasteiger partial charge in [0.05, 0.1) is 18.8 Å². The molecule has 0 atom stereocenters. The maximum Gasteiger partial charge on any atom is 0.335 e. The van der Waals surface area contributed by atoms with Crippen LogP contribution in [0, 0.1) is 22.9 Å². The second-order valence-corrected chi connectivity index (χ2v) is 6.45. The van der Waals surface area contributed by atoms with Crippen molar-refractivity contribution in [2.45, 2.75) is 19.8 Å². The molecule has 0 amide bonds. The van der Waals surface area contributed by atoms with Gasteiger partial charge in [-0.25, -0.2) is 18.0 Å². The van der Waals surface area contributed by atoms with E-state index in [1.54, 1.807) is 0 Å². The number of hydrogen-bond donors (Lipinski definition) is 1. The monoisotopic (exact) mass is 350 g/mol. The summed E-state index contributed by atoms with van der Waals surface area (Å²) in [5, 5.41) is 9.23. The highest BCUT2D eigenvalue weighted by atomic mass is 19.2. The first-order chi connectivity index (χ1) is 11.8. The van der Waals surface area contributed by atoms with Crippen LogP contribution in [0.1, 0.15) is 29.3 Å². The summed E-state index contributed by atoms with van der Waals surface area (Å²) in [7, 11) is 0. The number of benzene rings is 2. The maximum atomic E-state index is 13.6. The summed E-state index contributed by atoms with van der Waals surface area (Å²) in [6.45, 7) is 3.11. The lowest BCUT2D eigenvalue weighted by Crippen LogP contribution is -2.43. The average Bonchev–Trinajstić information content (AvgIpc) is 2.55. The Labute approximate surface area is 143 Å². The number of ether oxygens (including phenoxy) is 1. The summed E-state index contributed by atoms with van der Waals surface area (Å²) in [5.74, 6) is -5.16. The average molecular weight is 350 g/mol. The predicted octanol–water partition coefficient (Wildman–Crippen LogP) is 4.44. The lowest BCUT2D eigenvalue weighted by molar-refractivity contribution is -0.114. The number of hydrogen-bond acceptors (Lipinski definition) is 2. The fourth-order valence-electron chi connectivity index (χ4n) is 3.09. The molecule has 0 saturated carbocycles. The van der Waals surface area contributed by atoms with Crippen LogP contribution in [0.15, 0.2) is 30.3 Å². The highest BCUT2D eigenvalue weighted by molar-refractivity contribution is 5.89. The molecule has 1 aliphatic heterocycles. The van der Waals surface area contributed by atoms with Gasteiger partial charge in [0.1, 0.15) is 0 Å². The Hall–Kier alpha value is -2.34. The molecule has 2 aromatic rings. The molecule has 132 valence electrons. The van der Waals surface area contributed by atoms with Gasteiger partial charge in [0.15, 0.2) is 17.5 Å². The van der Waals surface area contributed by atoms with Gasteiger partial charge in [-0.05, 0) is 53.8 Å². The topological polar surface area (TPSA) is 46.5 Å². The van der Waals surface area contributed by atoms with E-state index >= 15 is 0 Å². The number of carboxylic acid groups (broad SMARTS) is 1. The zero-order chi connectivity index (χ0) is 18.2. The Morgan fingerprint density at radius 2 is 1.80 bits per heavy atom. The van der Waals surface area contributed by atoms with Gasteiger partial charge in [-0.2, -0.15) is 0 Å². The van der Waals surface area contributed by atoms with Crippen LogP contribution in [0.25, 0.3) is 11.1 Å². The van der Waals surface area contributed by atoms with Gasteiger partial charge in [-0.1, -0.05) is 13.0 Å². The van der Waals surface area contributed by atoms with Crippen LogP contribution in [0.2, 0.25) is 0 Å². The van der Waals surface area contributed by atoms with Crippen molar-refractivity contribution in [3.05, 3.63) is 58.9 Å². The molecule has 0 aliphatic carbocycles. The second-order valence-electron chi connectivity index (χ2n) is 6.45. The SMILES string of the molecule is CCC1(Cc2cc(C(=O)O)ccc2-c2cc(F)c(F)c(F)c2)COC1. The maximum absolute atomic E-state index is 13.6. The van der Waals surface area contributed by atoms with Crippen LogP contribution in [-0.4, -0.2) is 24.3 Å². The standard InChI is InChI=1S/C19H17F3O3/c1-2-19(9-25-10-19)8-13-5-11(18(23)24)3-4-14(13)12-6-15(20)17(22)16(21)7-12/h3-7H,2,8-10H2,1H3,(H,23,24). The van der Waals surface area contributed by atoms with Crippen molar-refractivity contribution in [2.24, 2.45) is 5.41 Å². The minimum atomic E-state index is -1.52. The molecular weight excluding hydrogens is 333 g/mol. The van der Waals surface area contributed by atoms with E-state index in [1.807, 2.05) is 6.92 Å². The molecule has 25 heavy (non-hydrogen) atoms. The van der Waals surface area contributed by atoms with E-state index in [2.05, 4.69) is 0 Å². The molecule has 1 heterocycles. The van der Waals surface area contributed by atoms with Crippen molar-refractivity contribution < 1.29 is 27.8 Å². The summed E-state index contributed by atoms with van der Waals surface area (Å²) < 4.78 is 45.8. The molecule has 0 spiro atoms. The Bertz CT molecular complexity index is 800. The third kappa shape index (κ3) is 3.26. The van der Waals surface area contributed by atoms with Crippen LogP contribution in [0.3, 0.4) is 0 Å². The summed E-state index contributed by atoms with van der Waals surface area (Å²) >= 11 is 0. The molecule has 2 aromatic carbocycles. The van der Waals surface area contributed by atoms with Crippen LogP contribution >= 0.6 is 0 Å². The molecule has 0 aromatic heterocycles. The van der Waals surface area contributed by atoms with E-state index in [0.29, 0.717) is 30.8 Å². The molecule has 0 bridgehead atoms. The summed E-state index contributed by atoms with van der Waals surface area (Å²) in [5.41, 5.74) is 1.28. The van der Waals surface area contributed by atoms with Crippen LogP contribution in [-0.2, 0) is 11.2 Å². The van der Waals surface area contributed by atoms with Gasteiger partial charge in [-0.15, -0.1) is 0 Å². The lowest BCUT2D eigenvalue weighted by Gasteiger charge is -2.41. The fourth-order valence-corrected chi connectivity index (χ4v) is 3.09. The normalized spacial score (nSPS) is 15.7. The lowest BCUT2D eigenvalue weighted by atomic mass is 9.76. The first-order valence-electron chi connectivity index (χ1n) is 7.94. The smallest absolute Gasteiger partial charge is 0.335 e. The van der Waals surface area contributed by atoms with Gasteiger partial charge >= 0.3 is 5.97 Å². The van der Waals surface area contributed by atoms with E-state index in [-0.39, 0.29) is 16.5 Å². The Morgan fingerprint density at radius 1 is 1.16 bits per heavy atom. The van der Waals surface area contributed by atoms with Crippen LogP contribution in [0.5, 0.6) is 0 Å². The number of aromatic carboxylic acids is 1. The zero-order valence-electron chi connectivity index (χ0n) is 13.6. The fraction of sp³-hybridized carbons (Fsp3) is 0.316. The van der Waals surface area contributed by atoms with Crippen molar-refractivity contribution >= 4 is 5.97 Å². The Morgan fingerprint density at radius 3 is 2.28 bits per heavy atom. The first kappa shape index (κ1) is 17.5. The number of rotatable bonds is 5. The zero-order valence-corrected chi connectivity index (χ0v) is 13.6. The molecule has 3 nitrogen and oxygen atoms in total. The summed E-state index contributed by atoms with van der Waals surface area (Å²) in [6, 6.07) is 6.23. The van der Waals surface area contributed by atoms with E-state index < -0.39 is 23.4 Å². The molecule has 6 heteroatoms. The van der Waals surface area contributed by atoms with Gasteiger partial charge in [0, 0.05) is 5.41 Å². The molecule has 1 fully saturated rings. The number of halogens is 3. The molecule has 1 N–H and O–H groups in total. The van der Waals surface area contributed by atoms with Gasteiger partial charge in [-0.3, -0.25) is 0 Å². The predicted molar refractivity (Wildman–Crippen MR) is 86.0 cm³/mol. The van der Waals surface area contributed by atoms with E-state index in [4.69, 9.17) is 4.74 Å². The minimum Gasteiger partial charge on any atom is -0.478 e. The minimum absolute atomic E-state index is 0.0910. The van der Waals surface area contributed by atoms with Crippen molar-refractivity contribution in [2.75, 3.05) is 13.2 Å². The van der Waals surface area contributed by atoms with E-state index in [9.17, 15) is 23.1 Å². The van der Waals surface area contributed by atoms with Crippen molar-refractivity contribution in [3.63, 3.8) is 0 Å². The van der Waals surface area contributed by atoms with Crippen molar-refractivity contribution in [1.29, 1.82) is 0 Å². The largest absolute Gasteiger partial charge is 0.478 e. The quantitative estimate of drug-likeness (QED) is 0.811. The third-order valence-electron chi connectivity index (χ3n) is 4.78. The molecule has 1 aliphatic rings. The Kier molecular flexibility index (Phi) is 4.56. The van der Waals surface area contributed by atoms with Crippen LogP contribution in [0.4, 0.5) is 13.2 Å². The first-order valence-corrected chi connectivity index (χ1v) is 7.94. The molecule has 0 unspecified atom stereocenters. The van der Waals surface area contributed by atoms with Crippen molar-refractivity contribution in [3.8, 4) is 11.1 Å². The Balaban J connectivity index is 2.11. The highest BCUT2D eigenvalue weighted by Crippen LogP contribution is 2.38. The second kappa shape index (κ2) is 6.52. The number of carboxylic acids is 1. The molecular formula is C19H17F3O3. The summed E-state index contributed by atoms with van der Waals surface area (Å²) in [4.78, 5) is 11.3. The van der Waals surface area contributed by atoms with Crippen molar-refractivity contribution in [1.82, 2.24) is 0 Å². The van der Waals surface area contributed by atoms with Gasteiger partial charge < -0.3 is 9.84 Å². The van der Waals surface area contributed by atoms with E-state index in [0.717, 1.165) is 18.6 Å². The van der Waals surface area contributed by atoms with Gasteiger partial charge in [0.25, 0.3) is 0 Å². The number of carbonyl (C=O) groups is 1. The molecule has 0 radical (unpaired) electrons. The van der Waals surface area contributed by atoms with Crippen LogP contribution < -0.4 is 0 Å². The highest BCUT2D eigenvalue weighted by Gasteiger charge is 2.37. The third-order valence-corrected chi connectivity index (χ3v) is 4.78. The van der Waals surface area contributed by atoms with E-state index in [1.165, 1.54) is 18.2 Å².